The maximum atomic E-state index is 11.7. The first kappa shape index (κ1) is 11.1. The molecule has 0 fully saturated rings. The van der Waals surface area contributed by atoms with Crippen LogP contribution >= 0.6 is 11.3 Å². The van der Waals surface area contributed by atoms with Gasteiger partial charge in [0.1, 0.15) is 0 Å². The maximum Gasteiger partial charge on any atom is 0.165 e. The molecule has 2 heteroatoms. The lowest BCUT2D eigenvalue weighted by Gasteiger charge is -2.04. The van der Waals surface area contributed by atoms with Gasteiger partial charge in [0.25, 0.3) is 0 Å². The van der Waals surface area contributed by atoms with Gasteiger partial charge in [-0.1, -0.05) is 44.2 Å². The van der Waals surface area contributed by atoms with Crippen LogP contribution in [0, 0.1) is 5.92 Å². The lowest BCUT2D eigenvalue weighted by molar-refractivity contribution is 0.0939. The highest BCUT2D eigenvalue weighted by Gasteiger charge is 2.10. The van der Waals surface area contributed by atoms with Crippen molar-refractivity contribution in [3.63, 3.8) is 0 Å². The monoisotopic (exact) mass is 230 g/mol. The van der Waals surface area contributed by atoms with Crippen molar-refractivity contribution in [1.29, 1.82) is 0 Å². The Morgan fingerprint density at radius 1 is 1.12 bits per heavy atom. The normalized spacial score (nSPS) is 10.7. The number of hydrogen-bond donors (Lipinski definition) is 0. The molecule has 0 bridgehead atoms. The molecular weight excluding hydrogens is 216 g/mol. The van der Waals surface area contributed by atoms with Gasteiger partial charge in [0.05, 0.1) is 0 Å². The highest BCUT2D eigenvalue weighted by molar-refractivity contribution is 7.13. The Morgan fingerprint density at radius 3 is 2.31 bits per heavy atom. The smallest absolute Gasteiger partial charge is 0.165 e. The zero-order valence-corrected chi connectivity index (χ0v) is 10.3. The number of carbonyl (C=O) groups excluding carboxylic acids is 1. The molecular formula is C14H14OS. The third kappa shape index (κ3) is 2.22. The van der Waals surface area contributed by atoms with Crippen molar-refractivity contribution in [2.24, 2.45) is 5.92 Å². The van der Waals surface area contributed by atoms with Gasteiger partial charge in [0.15, 0.2) is 5.78 Å². The molecule has 16 heavy (non-hydrogen) atoms. The molecule has 82 valence electrons. The van der Waals surface area contributed by atoms with Crippen LogP contribution in [0.25, 0.3) is 10.4 Å². The van der Waals surface area contributed by atoms with Crippen molar-refractivity contribution in [2.45, 2.75) is 13.8 Å². The summed E-state index contributed by atoms with van der Waals surface area (Å²) in [6.07, 6.45) is 0. The number of carbonyl (C=O) groups is 1. The van der Waals surface area contributed by atoms with Crippen molar-refractivity contribution in [3.8, 4) is 10.4 Å². The third-order valence-corrected chi connectivity index (χ3v) is 3.42. The van der Waals surface area contributed by atoms with Crippen LogP contribution < -0.4 is 0 Å². The summed E-state index contributed by atoms with van der Waals surface area (Å²) in [7, 11) is 0. The molecule has 0 spiro atoms. The molecule has 0 saturated heterocycles. The molecule has 0 amide bonds. The molecule has 0 aliphatic rings. The van der Waals surface area contributed by atoms with Crippen molar-refractivity contribution in [3.05, 3.63) is 47.3 Å². The second-order valence-corrected chi connectivity index (χ2v) is 5.02. The largest absolute Gasteiger partial charge is 0.294 e. The van der Waals surface area contributed by atoms with E-state index in [1.807, 2.05) is 44.2 Å². The molecule has 1 aromatic carbocycles. The minimum Gasteiger partial charge on any atom is -0.294 e. The number of benzene rings is 1. The maximum absolute atomic E-state index is 11.7. The molecule has 1 nitrogen and oxygen atoms in total. The van der Waals surface area contributed by atoms with Crippen LogP contribution in [-0.2, 0) is 0 Å². The van der Waals surface area contributed by atoms with Crippen molar-refractivity contribution < 1.29 is 4.79 Å². The molecule has 0 aliphatic heterocycles. The third-order valence-electron chi connectivity index (χ3n) is 2.50. The number of rotatable bonds is 3. The molecule has 0 saturated carbocycles. The van der Waals surface area contributed by atoms with E-state index in [1.165, 1.54) is 10.4 Å². The summed E-state index contributed by atoms with van der Waals surface area (Å²) in [6.45, 7) is 3.85. The minimum atomic E-state index is 0.0626. The van der Waals surface area contributed by atoms with E-state index in [-0.39, 0.29) is 11.7 Å². The highest BCUT2D eigenvalue weighted by atomic mass is 32.1. The first-order valence-electron chi connectivity index (χ1n) is 5.36. The number of thiophene rings is 1. The van der Waals surface area contributed by atoms with Gasteiger partial charge in [-0.15, -0.1) is 11.3 Å². The van der Waals surface area contributed by atoms with Gasteiger partial charge in [-0.05, 0) is 17.0 Å². The van der Waals surface area contributed by atoms with E-state index < -0.39 is 0 Å². The first-order valence-corrected chi connectivity index (χ1v) is 6.24. The van der Waals surface area contributed by atoms with Gasteiger partial charge in [0, 0.05) is 16.4 Å². The number of hydrogen-bond acceptors (Lipinski definition) is 2. The molecule has 0 atom stereocenters. The highest BCUT2D eigenvalue weighted by Crippen LogP contribution is 2.25. The van der Waals surface area contributed by atoms with Crippen molar-refractivity contribution in [2.75, 3.05) is 0 Å². The number of ketones is 1. The Balaban J connectivity index is 2.27. The van der Waals surface area contributed by atoms with Crippen molar-refractivity contribution in [1.82, 2.24) is 0 Å². The fourth-order valence-corrected chi connectivity index (χ4v) is 2.31. The van der Waals surface area contributed by atoms with Gasteiger partial charge in [-0.25, -0.2) is 0 Å². The van der Waals surface area contributed by atoms with Crippen LogP contribution in [0.1, 0.15) is 24.2 Å². The Morgan fingerprint density at radius 2 is 1.81 bits per heavy atom. The minimum absolute atomic E-state index is 0.0626. The summed E-state index contributed by atoms with van der Waals surface area (Å²) in [5.41, 5.74) is 1.98. The van der Waals surface area contributed by atoms with Crippen LogP contribution in [-0.4, -0.2) is 5.78 Å². The fourth-order valence-electron chi connectivity index (χ4n) is 1.57. The van der Waals surface area contributed by atoms with E-state index >= 15 is 0 Å². The molecule has 1 aromatic heterocycles. The molecule has 0 radical (unpaired) electrons. The standard InChI is InChI=1S/C14H14OS/c1-10(2)14(15)12-7-5-11(6-8-12)13-4-3-9-16-13/h3-10H,1-2H3. The van der Waals surface area contributed by atoms with Gasteiger partial charge in [-0.2, -0.15) is 0 Å². The topological polar surface area (TPSA) is 17.1 Å². The Kier molecular flexibility index (Phi) is 3.20. The van der Waals surface area contributed by atoms with Gasteiger partial charge >= 0.3 is 0 Å². The van der Waals surface area contributed by atoms with Crippen LogP contribution in [0.3, 0.4) is 0 Å². The predicted octanol–water partition coefficient (Wildman–Crippen LogP) is 4.25. The lowest BCUT2D eigenvalue weighted by Crippen LogP contribution is -2.06. The average molecular weight is 230 g/mol. The first-order chi connectivity index (χ1) is 7.68. The summed E-state index contributed by atoms with van der Waals surface area (Å²) in [4.78, 5) is 13.0. The van der Waals surface area contributed by atoms with Crippen LogP contribution in [0.5, 0.6) is 0 Å². The fraction of sp³-hybridized carbons (Fsp3) is 0.214. The van der Waals surface area contributed by atoms with E-state index in [0.717, 1.165) is 5.56 Å². The van der Waals surface area contributed by atoms with E-state index in [4.69, 9.17) is 0 Å². The summed E-state index contributed by atoms with van der Waals surface area (Å²) >= 11 is 1.71. The second-order valence-electron chi connectivity index (χ2n) is 4.07. The SMILES string of the molecule is CC(C)C(=O)c1ccc(-c2cccs2)cc1. The average Bonchev–Trinajstić information content (AvgIpc) is 2.81. The zero-order chi connectivity index (χ0) is 11.5. The Hall–Kier alpha value is -1.41. The van der Waals surface area contributed by atoms with Crippen molar-refractivity contribution >= 4 is 17.1 Å². The summed E-state index contributed by atoms with van der Waals surface area (Å²) in [5, 5.41) is 2.06. The Bertz CT molecular complexity index is 466. The summed E-state index contributed by atoms with van der Waals surface area (Å²) in [6, 6.07) is 12.0. The van der Waals surface area contributed by atoms with Gasteiger partial charge in [-0.3, -0.25) is 4.79 Å². The molecule has 0 N–H and O–H groups in total. The molecule has 0 aliphatic carbocycles. The van der Waals surface area contributed by atoms with Gasteiger partial charge < -0.3 is 0 Å². The quantitative estimate of drug-likeness (QED) is 0.720. The molecule has 2 rings (SSSR count). The second kappa shape index (κ2) is 4.62. The predicted molar refractivity (Wildman–Crippen MR) is 68.9 cm³/mol. The van der Waals surface area contributed by atoms with Crippen LogP contribution in [0.2, 0.25) is 0 Å². The van der Waals surface area contributed by atoms with Crippen LogP contribution in [0.15, 0.2) is 41.8 Å². The summed E-state index contributed by atoms with van der Waals surface area (Å²) < 4.78 is 0. The van der Waals surface area contributed by atoms with Gasteiger partial charge in [0.2, 0.25) is 0 Å². The molecule has 0 unspecified atom stereocenters. The zero-order valence-electron chi connectivity index (χ0n) is 9.44. The van der Waals surface area contributed by atoms with Crippen LogP contribution in [0.4, 0.5) is 0 Å². The van der Waals surface area contributed by atoms with E-state index in [1.54, 1.807) is 11.3 Å². The molecule has 1 heterocycles. The van der Waals surface area contributed by atoms with E-state index in [9.17, 15) is 4.79 Å². The summed E-state index contributed by atoms with van der Waals surface area (Å²) in [5.74, 6) is 0.269. The van der Waals surface area contributed by atoms with E-state index in [0.29, 0.717) is 0 Å². The number of Topliss-reactive ketones (excluding diaryl/α,β-unsaturated/α-hetero) is 1. The lowest BCUT2D eigenvalue weighted by atomic mass is 10.00. The Labute approximate surface area is 99.8 Å². The molecule has 2 aromatic rings. The van der Waals surface area contributed by atoms with E-state index in [2.05, 4.69) is 11.4 Å².